The van der Waals surface area contributed by atoms with Crippen LogP contribution in [0.4, 0.5) is 22.7 Å². The van der Waals surface area contributed by atoms with E-state index in [4.69, 9.17) is 0 Å². The molecule has 2 saturated carbocycles. The highest BCUT2D eigenvalue weighted by molar-refractivity contribution is 5.83. The number of aldehydes is 1. The molecule has 0 heterocycles. The van der Waals surface area contributed by atoms with Gasteiger partial charge in [0.1, 0.15) is 11.6 Å². The molecule has 2 aliphatic carbocycles. The number of nitro groups is 4. The van der Waals surface area contributed by atoms with E-state index < -0.39 is 54.5 Å². The molecule has 0 spiro atoms. The first kappa shape index (κ1) is 33.2. The van der Waals surface area contributed by atoms with Crippen LogP contribution in [0.1, 0.15) is 79.8 Å². The highest BCUT2D eigenvalue weighted by Crippen LogP contribution is 2.37. The second-order valence-corrected chi connectivity index (χ2v) is 9.50. The molecule has 2 fully saturated rings. The van der Waals surface area contributed by atoms with E-state index in [1.54, 1.807) is 0 Å². The van der Waals surface area contributed by atoms with Gasteiger partial charge in [-0.15, -0.1) is 0 Å². The molecular weight excluding hydrogens is 560 g/mol. The normalized spacial score (nSPS) is 16.9. The van der Waals surface area contributed by atoms with Crippen molar-refractivity contribution in [3.63, 3.8) is 0 Å². The zero-order valence-electron chi connectivity index (χ0n) is 22.3. The molecule has 16 heteroatoms. The van der Waals surface area contributed by atoms with Crippen molar-refractivity contribution in [2.75, 3.05) is 0 Å². The number of carbonyl (C=O) groups is 3. The van der Waals surface area contributed by atoms with E-state index in [1.807, 2.05) is 0 Å². The van der Waals surface area contributed by atoms with Crippen LogP contribution in [0, 0.1) is 46.4 Å². The summed E-state index contributed by atoms with van der Waals surface area (Å²) in [6, 6.07) is 5.90. The molecule has 224 valence electrons. The van der Waals surface area contributed by atoms with Gasteiger partial charge in [-0.05, 0) is 37.8 Å². The number of nitro benzene ring substituents is 4. The number of rotatable bonds is 7. The molecule has 4 rings (SSSR count). The molecule has 2 aliphatic rings. The van der Waals surface area contributed by atoms with Gasteiger partial charge in [0.05, 0.1) is 49.1 Å². The van der Waals surface area contributed by atoms with E-state index in [-0.39, 0.29) is 23.2 Å². The van der Waals surface area contributed by atoms with Crippen LogP contribution in [-0.4, -0.2) is 42.7 Å². The maximum Gasteiger partial charge on any atom is 0.286 e. The van der Waals surface area contributed by atoms with Crippen LogP contribution in [0.2, 0.25) is 0 Å². The van der Waals surface area contributed by atoms with Gasteiger partial charge in [0.25, 0.3) is 22.7 Å². The van der Waals surface area contributed by atoms with Gasteiger partial charge in [0.15, 0.2) is 6.29 Å². The Kier molecular flexibility index (Phi) is 12.4. The van der Waals surface area contributed by atoms with E-state index in [2.05, 4.69) is 0 Å². The molecule has 16 nitrogen and oxygen atoms in total. The Balaban J connectivity index is 0.000000250. The molecular formula is C26H28N4O12. The van der Waals surface area contributed by atoms with Crippen LogP contribution in [0.5, 0.6) is 0 Å². The summed E-state index contributed by atoms with van der Waals surface area (Å²) < 4.78 is 0. The van der Waals surface area contributed by atoms with Crippen LogP contribution in [0.15, 0.2) is 36.4 Å². The lowest BCUT2D eigenvalue weighted by molar-refractivity contribution is -0.395. The van der Waals surface area contributed by atoms with Crippen molar-refractivity contribution in [1.29, 1.82) is 0 Å². The first-order chi connectivity index (χ1) is 19.9. The Hall–Kier alpha value is -4.99. The molecule has 42 heavy (non-hydrogen) atoms. The number of hydrogen-bond donors (Lipinski definition) is 1. The lowest BCUT2D eigenvalue weighted by Crippen LogP contribution is -2.26. The van der Waals surface area contributed by atoms with E-state index in [9.17, 15) is 59.9 Å². The monoisotopic (exact) mass is 588 g/mol. The van der Waals surface area contributed by atoms with Gasteiger partial charge < -0.3 is 5.11 Å². The van der Waals surface area contributed by atoms with Crippen LogP contribution in [0.25, 0.3) is 0 Å². The molecule has 2 atom stereocenters. The number of ketones is 2. The Morgan fingerprint density at radius 3 is 1.69 bits per heavy atom. The molecule has 0 bridgehead atoms. The van der Waals surface area contributed by atoms with E-state index in [1.165, 1.54) is 6.42 Å². The number of nitrogens with zero attached hydrogens (tertiary/aromatic N) is 4. The van der Waals surface area contributed by atoms with Gasteiger partial charge in [0.2, 0.25) is 0 Å². The second-order valence-electron chi connectivity index (χ2n) is 9.50. The molecule has 0 aliphatic heterocycles. The van der Waals surface area contributed by atoms with Crippen molar-refractivity contribution < 1.29 is 39.2 Å². The highest BCUT2D eigenvalue weighted by atomic mass is 16.6. The minimum Gasteiger partial charge on any atom is -0.387 e. The minimum atomic E-state index is -1.31. The lowest BCUT2D eigenvalue weighted by Gasteiger charge is -2.25. The molecule has 1 N–H and O–H groups in total. The molecule has 2 aromatic rings. The number of benzene rings is 2. The van der Waals surface area contributed by atoms with E-state index in [0.717, 1.165) is 74.9 Å². The van der Waals surface area contributed by atoms with Crippen molar-refractivity contribution in [2.45, 2.75) is 63.9 Å². The van der Waals surface area contributed by atoms with Gasteiger partial charge in [-0.25, -0.2) is 0 Å². The Morgan fingerprint density at radius 2 is 1.24 bits per heavy atom. The van der Waals surface area contributed by atoms with Gasteiger partial charge in [-0.2, -0.15) is 0 Å². The molecule has 2 aromatic carbocycles. The van der Waals surface area contributed by atoms with E-state index in [0.29, 0.717) is 18.6 Å². The fourth-order valence-corrected chi connectivity index (χ4v) is 4.46. The number of aliphatic hydroxyl groups is 1. The zero-order valence-corrected chi connectivity index (χ0v) is 22.3. The fourth-order valence-electron chi connectivity index (χ4n) is 4.46. The number of aliphatic hydroxyl groups excluding tert-OH is 1. The fraction of sp³-hybridized carbons (Fsp3) is 0.423. The van der Waals surface area contributed by atoms with Crippen LogP contribution in [-0.2, 0) is 9.59 Å². The van der Waals surface area contributed by atoms with Crippen LogP contribution < -0.4 is 0 Å². The van der Waals surface area contributed by atoms with Crippen LogP contribution >= 0.6 is 0 Å². The molecule has 0 radical (unpaired) electrons. The first-order valence-corrected chi connectivity index (χ1v) is 12.9. The third-order valence-corrected chi connectivity index (χ3v) is 6.68. The molecule has 0 aromatic heterocycles. The van der Waals surface area contributed by atoms with Crippen molar-refractivity contribution in [1.82, 2.24) is 0 Å². The second kappa shape index (κ2) is 15.7. The largest absolute Gasteiger partial charge is 0.387 e. The summed E-state index contributed by atoms with van der Waals surface area (Å²) in [6.45, 7) is 0. The Labute approximate surface area is 237 Å². The predicted octanol–water partition coefficient (Wildman–Crippen LogP) is 5.13. The van der Waals surface area contributed by atoms with Crippen molar-refractivity contribution in [3.8, 4) is 0 Å². The highest BCUT2D eigenvalue weighted by Gasteiger charge is 2.34. The molecule has 0 amide bonds. The van der Waals surface area contributed by atoms with Gasteiger partial charge in [-0.3, -0.25) is 54.8 Å². The summed E-state index contributed by atoms with van der Waals surface area (Å²) in [6.07, 6.45) is 6.56. The quantitative estimate of drug-likeness (QED) is 0.251. The van der Waals surface area contributed by atoms with Crippen molar-refractivity contribution >= 4 is 40.6 Å². The standard InChI is InChI=1S/C13H14N2O6.C7H4N2O5.C6H10O/c16-12-4-2-1-3-10(12)13(17)9-6-5-8(14(18)19)7-11(9)15(20)21;10-4-5-1-2-6(8(11)12)3-7(5)9(13)14;7-6-4-2-1-3-5-6/h5-7,10,13,17H,1-4H2;1-4H;1-5H2/t10-,13+;;/m1../s1. The third-order valence-electron chi connectivity index (χ3n) is 6.68. The smallest absolute Gasteiger partial charge is 0.286 e. The summed E-state index contributed by atoms with van der Waals surface area (Å²) in [7, 11) is 0. The average molecular weight is 589 g/mol. The average Bonchev–Trinajstić information content (AvgIpc) is 2.97. The summed E-state index contributed by atoms with van der Waals surface area (Å²) in [5.41, 5.74) is -2.16. The molecule has 0 unspecified atom stereocenters. The van der Waals surface area contributed by atoms with Crippen molar-refractivity contribution in [3.05, 3.63) is 88.0 Å². The minimum absolute atomic E-state index is 0.0501. The summed E-state index contributed by atoms with van der Waals surface area (Å²) >= 11 is 0. The first-order valence-electron chi connectivity index (χ1n) is 12.9. The number of Topliss-reactive ketones (excluding diaryl/α,β-unsaturated/α-hetero) is 2. The van der Waals surface area contributed by atoms with Crippen molar-refractivity contribution in [2.24, 2.45) is 5.92 Å². The number of non-ortho nitro benzene ring substituents is 2. The van der Waals surface area contributed by atoms with Gasteiger partial charge in [0, 0.05) is 37.3 Å². The summed E-state index contributed by atoms with van der Waals surface area (Å²) in [5.74, 6) is -0.341. The van der Waals surface area contributed by atoms with E-state index >= 15 is 0 Å². The lowest BCUT2D eigenvalue weighted by atomic mass is 9.81. The maximum atomic E-state index is 11.8. The van der Waals surface area contributed by atoms with Gasteiger partial charge in [-0.1, -0.05) is 12.8 Å². The van der Waals surface area contributed by atoms with Crippen LogP contribution in [0.3, 0.4) is 0 Å². The third kappa shape index (κ3) is 9.29. The Morgan fingerprint density at radius 1 is 0.714 bits per heavy atom. The summed E-state index contributed by atoms with van der Waals surface area (Å²) in [4.78, 5) is 71.9. The SMILES string of the molecule is O=C1CCCCC1.O=C1CCCC[C@H]1[C@@H](O)c1ccc([N+](=O)[O-])cc1[N+](=O)[O-].O=Cc1ccc([N+](=O)[O-])cc1[N+](=O)[O-]. The topological polar surface area (TPSA) is 244 Å². The Bertz CT molecular complexity index is 1370. The van der Waals surface area contributed by atoms with Gasteiger partial charge >= 0.3 is 0 Å². The number of hydrogen-bond acceptors (Lipinski definition) is 12. The summed E-state index contributed by atoms with van der Waals surface area (Å²) in [5, 5.41) is 52.7. The maximum absolute atomic E-state index is 11.8. The predicted molar refractivity (Wildman–Crippen MR) is 145 cm³/mol. The zero-order chi connectivity index (χ0) is 31.4. The molecule has 0 saturated heterocycles. The number of carbonyl (C=O) groups excluding carboxylic acids is 3.